The summed E-state index contributed by atoms with van der Waals surface area (Å²) in [5.41, 5.74) is 5.68. The van der Waals surface area contributed by atoms with Crippen LogP contribution in [0.25, 0.3) is 0 Å². The number of likely N-dealkylation sites (tertiary alicyclic amines) is 1. The molecule has 1 aliphatic rings. The third-order valence-electron chi connectivity index (χ3n) is 3.60. The van der Waals surface area contributed by atoms with Gasteiger partial charge in [0, 0.05) is 32.8 Å². The molecule has 7 heteroatoms. The Labute approximate surface area is 150 Å². The summed E-state index contributed by atoms with van der Waals surface area (Å²) in [5, 5.41) is 2.17. The van der Waals surface area contributed by atoms with Crippen LogP contribution in [-0.4, -0.2) is 28.2 Å². The minimum atomic E-state index is 0. The zero-order valence-corrected chi connectivity index (χ0v) is 15.3. The summed E-state index contributed by atoms with van der Waals surface area (Å²) in [5.74, 6) is 0. The highest BCUT2D eigenvalue weighted by Crippen LogP contribution is 2.31. The minimum Gasteiger partial charge on any atom is -0.375 e. The van der Waals surface area contributed by atoms with Crippen LogP contribution in [0.4, 0.5) is 5.13 Å². The molecule has 2 aromatic rings. The minimum absolute atomic E-state index is 0. The van der Waals surface area contributed by atoms with Gasteiger partial charge in [-0.2, -0.15) is 0 Å². The van der Waals surface area contributed by atoms with E-state index in [9.17, 15) is 0 Å². The molecule has 0 aliphatic carbocycles. The molecule has 0 atom stereocenters. The number of nitrogens with zero attached hydrogens (tertiary/aromatic N) is 2. The molecule has 22 heavy (non-hydrogen) atoms. The summed E-state index contributed by atoms with van der Waals surface area (Å²) in [7, 11) is 0. The van der Waals surface area contributed by atoms with E-state index in [2.05, 4.69) is 22.0 Å². The van der Waals surface area contributed by atoms with Gasteiger partial charge in [0.1, 0.15) is 0 Å². The Morgan fingerprint density at radius 3 is 2.55 bits per heavy atom. The van der Waals surface area contributed by atoms with E-state index in [0.717, 1.165) is 24.7 Å². The Hall–Kier alpha value is -0.460. The number of hydrogen-bond donors (Lipinski definition) is 1. The van der Waals surface area contributed by atoms with Crippen LogP contribution < -0.4 is 5.73 Å². The Bertz CT molecular complexity index is 581. The van der Waals surface area contributed by atoms with Crippen molar-refractivity contribution in [3.05, 3.63) is 40.4 Å². The number of halogens is 2. The number of thioether (sulfide) groups is 1. The zero-order chi connectivity index (χ0) is 14.7. The molecular formula is C15H19Cl2N3S2. The average Bonchev–Trinajstić information content (AvgIpc) is 2.89. The fraction of sp³-hybridized carbons (Fsp3) is 0.400. The van der Waals surface area contributed by atoms with Crippen molar-refractivity contribution in [2.24, 2.45) is 0 Å². The first-order valence-corrected chi connectivity index (χ1v) is 9.11. The lowest BCUT2D eigenvalue weighted by Crippen LogP contribution is -2.34. The molecule has 0 saturated carbocycles. The average molecular weight is 376 g/mol. The van der Waals surface area contributed by atoms with Gasteiger partial charge in [-0.1, -0.05) is 11.6 Å². The van der Waals surface area contributed by atoms with E-state index >= 15 is 0 Å². The summed E-state index contributed by atoms with van der Waals surface area (Å²) in [6, 6.07) is 8.15. The standard InChI is InChI=1S/C15H18ClN3S2.ClH/c16-11-1-3-12(4-2-11)20-13-5-7-19(8-6-13)10-14-9-18-15(17)21-14;/h1-4,9,13H,5-8,10H2,(H2,17,18);1H. The summed E-state index contributed by atoms with van der Waals surface area (Å²) in [6.45, 7) is 3.26. The highest BCUT2D eigenvalue weighted by atomic mass is 35.5. The molecule has 3 rings (SSSR count). The van der Waals surface area contributed by atoms with Crippen LogP contribution in [0, 0.1) is 0 Å². The number of nitrogens with two attached hydrogens (primary N) is 1. The molecule has 1 saturated heterocycles. The molecule has 1 aromatic heterocycles. The topological polar surface area (TPSA) is 42.1 Å². The van der Waals surface area contributed by atoms with Gasteiger partial charge in [0.25, 0.3) is 0 Å². The SMILES string of the molecule is Cl.Nc1ncc(CN2CCC(Sc3ccc(Cl)cc3)CC2)s1. The van der Waals surface area contributed by atoms with Crippen LogP contribution in [0.1, 0.15) is 17.7 Å². The highest BCUT2D eigenvalue weighted by Gasteiger charge is 2.20. The molecule has 120 valence electrons. The Kier molecular flexibility index (Phi) is 6.84. The van der Waals surface area contributed by atoms with Gasteiger partial charge >= 0.3 is 0 Å². The van der Waals surface area contributed by atoms with Crippen LogP contribution in [-0.2, 0) is 6.54 Å². The Morgan fingerprint density at radius 1 is 1.27 bits per heavy atom. The van der Waals surface area contributed by atoms with E-state index in [-0.39, 0.29) is 12.4 Å². The van der Waals surface area contributed by atoms with E-state index in [1.54, 1.807) is 11.3 Å². The van der Waals surface area contributed by atoms with Crippen LogP contribution in [0.5, 0.6) is 0 Å². The van der Waals surface area contributed by atoms with E-state index in [1.165, 1.54) is 22.6 Å². The molecule has 3 nitrogen and oxygen atoms in total. The summed E-state index contributed by atoms with van der Waals surface area (Å²) in [4.78, 5) is 9.18. The van der Waals surface area contributed by atoms with Gasteiger partial charge in [-0.05, 0) is 50.2 Å². The van der Waals surface area contributed by atoms with Crippen molar-refractivity contribution in [3.8, 4) is 0 Å². The first kappa shape index (κ1) is 17.9. The number of nitrogen functional groups attached to an aromatic ring is 1. The smallest absolute Gasteiger partial charge is 0.180 e. The van der Waals surface area contributed by atoms with Crippen molar-refractivity contribution in [2.75, 3.05) is 18.8 Å². The molecule has 0 radical (unpaired) electrons. The number of piperidine rings is 1. The summed E-state index contributed by atoms with van der Waals surface area (Å²) in [6.07, 6.45) is 4.34. The molecule has 1 aliphatic heterocycles. The van der Waals surface area contributed by atoms with Crippen LogP contribution in [0.3, 0.4) is 0 Å². The summed E-state index contributed by atoms with van der Waals surface area (Å²) >= 11 is 9.49. The molecule has 1 fully saturated rings. The number of hydrogen-bond acceptors (Lipinski definition) is 5. The lowest BCUT2D eigenvalue weighted by atomic mass is 10.1. The largest absolute Gasteiger partial charge is 0.375 e. The number of rotatable bonds is 4. The first-order valence-electron chi connectivity index (χ1n) is 7.04. The van der Waals surface area contributed by atoms with Crippen molar-refractivity contribution >= 4 is 52.2 Å². The number of benzene rings is 1. The van der Waals surface area contributed by atoms with Crippen molar-refractivity contribution < 1.29 is 0 Å². The molecule has 1 aromatic carbocycles. The maximum atomic E-state index is 5.92. The number of anilines is 1. The fourth-order valence-electron chi connectivity index (χ4n) is 2.51. The van der Waals surface area contributed by atoms with Gasteiger partial charge in [-0.15, -0.1) is 35.5 Å². The van der Waals surface area contributed by atoms with Crippen molar-refractivity contribution in [2.45, 2.75) is 29.5 Å². The van der Waals surface area contributed by atoms with Crippen molar-refractivity contribution in [1.82, 2.24) is 9.88 Å². The van der Waals surface area contributed by atoms with Gasteiger partial charge in [0.2, 0.25) is 0 Å². The van der Waals surface area contributed by atoms with Crippen LogP contribution >= 0.6 is 47.1 Å². The Balaban J connectivity index is 0.00000176. The second-order valence-corrected chi connectivity index (χ2v) is 8.17. The maximum Gasteiger partial charge on any atom is 0.180 e. The number of thiazole rings is 1. The molecular weight excluding hydrogens is 357 g/mol. The molecule has 0 unspecified atom stereocenters. The quantitative estimate of drug-likeness (QED) is 0.850. The zero-order valence-electron chi connectivity index (χ0n) is 12.1. The third kappa shape index (κ3) is 5.03. The van der Waals surface area contributed by atoms with Gasteiger partial charge in [-0.25, -0.2) is 4.98 Å². The lowest BCUT2D eigenvalue weighted by Gasteiger charge is -2.31. The predicted octanol–water partition coefficient (Wildman–Crippen LogP) is 4.56. The maximum absolute atomic E-state index is 5.92. The monoisotopic (exact) mass is 375 g/mol. The third-order valence-corrected chi connectivity index (χ3v) is 6.01. The summed E-state index contributed by atoms with van der Waals surface area (Å²) < 4.78 is 0. The molecule has 0 spiro atoms. The van der Waals surface area contributed by atoms with E-state index in [1.807, 2.05) is 30.1 Å². The molecule has 2 N–H and O–H groups in total. The van der Waals surface area contributed by atoms with Crippen LogP contribution in [0.2, 0.25) is 5.02 Å². The number of aromatic nitrogens is 1. The van der Waals surface area contributed by atoms with Gasteiger partial charge in [-0.3, -0.25) is 4.90 Å². The molecule has 0 bridgehead atoms. The van der Waals surface area contributed by atoms with Crippen LogP contribution in [0.15, 0.2) is 35.4 Å². The fourth-order valence-corrected chi connectivity index (χ4v) is 4.48. The Morgan fingerprint density at radius 2 is 1.95 bits per heavy atom. The van der Waals surface area contributed by atoms with Gasteiger partial charge < -0.3 is 5.73 Å². The highest BCUT2D eigenvalue weighted by molar-refractivity contribution is 8.00. The second-order valence-electron chi connectivity index (χ2n) is 5.21. The molecule has 2 heterocycles. The van der Waals surface area contributed by atoms with E-state index in [4.69, 9.17) is 17.3 Å². The van der Waals surface area contributed by atoms with Gasteiger partial charge in [0.15, 0.2) is 5.13 Å². The molecule has 0 amide bonds. The van der Waals surface area contributed by atoms with Crippen molar-refractivity contribution in [1.29, 1.82) is 0 Å². The van der Waals surface area contributed by atoms with Crippen molar-refractivity contribution in [3.63, 3.8) is 0 Å². The lowest BCUT2D eigenvalue weighted by molar-refractivity contribution is 0.226. The van der Waals surface area contributed by atoms with Gasteiger partial charge in [0.05, 0.1) is 0 Å². The normalized spacial score (nSPS) is 16.4. The predicted molar refractivity (Wildman–Crippen MR) is 99.4 cm³/mol. The second kappa shape index (κ2) is 8.41. The van der Waals surface area contributed by atoms with E-state index in [0.29, 0.717) is 10.4 Å². The first-order chi connectivity index (χ1) is 10.2. The van der Waals surface area contributed by atoms with E-state index < -0.39 is 0 Å².